The molecule has 7 heteroatoms. The fourth-order valence-electron chi connectivity index (χ4n) is 2.35. The molecule has 2 atom stereocenters. The highest BCUT2D eigenvalue weighted by Crippen LogP contribution is 2.33. The number of nitrogens with zero attached hydrogens (tertiary/aromatic N) is 4. The highest BCUT2D eigenvalue weighted by Gasteiger charge is 2.26. The van der Waals surface area contributed by atoms with Crippen LogP contribution in [0.5, 0.6) is 0 Å². The Labute approximate surface area is 126 Å². The first kappa shape index (κ1) is 13.9. The van der Waals surface area contributed by atoms with Crippen molar-refractivity contribution in [3.63, 3.8) is 0 Å². The Morgan fingerprint density at radius 2 is 1.95 bits per heavy atom. The average Bonchev–Trinajstić information content (AvgIpc) is 2.90. The molecule has 106 valence electrons. The number of benzene rings is 1. The Hall–Kier alpha value is -1.11. The Kier molecular flexibility index (Phi) is 4.24. The van der Waals surface area contributed by atoms with Crippen molar-refractivity contribution in [1.82, 2.24) is 20.2 Å². The maximum atomic E-state index is 10.0. The largest absolute Gasteiger partial charge is 0.392 e. The molecule has 5 nitrogen and oxygen atoms in total. The molecule has 2 unspecified atom stereocenters. The second kappa shape index (κ2) is 6.11. The van der Waals surface area contributed by atoms with Crippen LogP contribution in [0.4, 0.5) is 0 Å². The van der Waals surface area contributed by atoms with Crippen molar-refractivity contribution >= 4 is 23.4 Å². The lowest BCUT2D eigenvalue weighted by molar-refractivity contribution is 0.137. The van der Waals surface area contributed by atoms with Crippen LogP contribution in [0.3, 0.4) is 0 Å². The maximum Gasteiger partial charge on any atom is 0.214 e. The van der Waals surface area contributed by atoms with E-state index in [2.05, 4.69) is 15.5 Å². The van der Waals surface area contributed by atoms with Gasteiger partial charge in [0.05, 0.1) is 11.8 Å². The standard InChI is InChI=1S/C13H15ClN4OS/c14-9-5-7-10(8-6-9)18-13(15-16-17-18)20-12-4-2-1-3-11(12)19/h5-8,11-12,19H,1-4H2. The Balaban J connectivity index is 1.81. The van der Waals surface area contributed by atoms with Crippen molar-refractivity contribution < 1.29 is 5.11 Å². The summed E-state index contributed by atoms with van der Waals surface area (Å²) in [5.74, 6) is 0. The number of aliphatic hydroxyl groups excluding tert-OH is 1. The van der Waals surface area contributed by atoms with Gasteiger partial charge in [0.1, 0.15) is 0 Å². The topological polar surface area (TPSA) is 63.8 Å². The molecule has 2 aromatic rings. The number of rotatable bonds is 3. The lowest BCUT2D eigenvalue weighted by Crippen LogP contribution is -2.27. The normalized spacial score (nSPS) is 22.9. The van der Waals surface area contributed by atoms with Crippen molar-refractivity contribution in [1.29, 1.82) is 0 Å². The van der Waals surface area contributed by atoms with E-state index in [9.17, 15) is 5.11 Å². The quantitative estimate of drug-likeness (QED) is 0.944. The number of tetrazole rings is 1. The second-order valence-corrected chi connectivity index (χ2v) is 6.50. The highest BCUT2D eigenvalue weighted by atomic mass is 35.5. The van der Waals surface area contributed by atoms with E-state index in [4.69, 9.17) is 11.6 Å². The molecule has 0 amide bonds. The minimum Gasteiger partial charge on any atom is -0.392 e. The molecule has 0 aliphatic heterocycles. The molecule has 0 radical (unpaired) electrons. The zero-order chi connectivity index (χ0) is 13.9. The molecule has 20 heavy (non-hydrogen) atoms. The molecule has 1 aromatic heterocycles. The third kappa shape index (κ3) is 2.97. The maximum absolute atomic E-state index is 10.0. The van der Waals surface area contributed by atoms with Crippen molar-refractivity contribution in [2.24, 2.45) is 0 Å². The lowest BCUT2D eigenvalue weighted by atomic mass is 9.97. The van der Waals surface area contributed by atoms with E-state index in [0.717, 1.165) is 31.4 Å². The van der Waals surface area contributed by atoms with Gasteiger partial charge in [0.15, 0.2) is 0 Å². The minimum absolute atomic E-state index is 0.167. The summed E-state index contributed by atoms with van der Waals surface area (Å²) in [6.07, 6.45) is 3.83. The third-order valence-electron chi connectivity index (χ3n) is 3.44. The molecule has 1 saturated carbocycles. The molecular weight excluding hydrogens is 296 g/mol. The van der Waals surface area contributed by atoms with Crippen LogP contribution in [0.15, 0.2) is 29.4 Å². The molecule has 1 aliphatic carbocycles. The van der Waals surface area contributed by atoms with Gasteiger partial charge in [-0.3, -0.25) is 0 Å². The van der Waals surface area contributed by atoms with Gasteiger partial charge in [-0.25, -0.2) is 0 Å². The molecule has 1 N–H and O–H groups in total. The van der Waals surface area contributed by atoms with E-state index < -0.39 is 0 Å². The zero-order valence-corrected chi connectivity index (χ0v) is 12.4. The number of aliphatic hydroxyl groups is 1. The van der Waals surface area contributed by atoms with Crippen LogP contribution in [-0.4, -0.2) is 36.7 Å². The van der Waals surface area contributed by atoms with Crippen LogP contribution in [0.2, 0.25) is 5.02 Å². The number of hydrogen-bond acceptors (Lipinski definition) is 5. The lowest BCUT2D eigenvalue weighted by Gasteiger charge is -2.26. The Bertz CT molecular complexity index is 574. The van der Waals surface area contributed by atoms with Gasteiger partial charge in [-0.2, -0.15) is 4.68 Å². The van der Waals surface area contributed by atoms with Crippen LogP contribution >= 0.6 is 23.4 Å². The number of halogens is 1. The monoisotopic (exact) mass is 310 g/mol. The third-order valence-corrected chi connectivity index (χ3v) is 5.01. The molecule has 0 bridgehead atoms. The predicted molar refractivity (Wildman–Crippen MR) is 78.3 cm³/mol. The first-order valence-electron chi connectivity index (χ1n) is 6.63. The van der Waals surface area contributed by atoms with E-state index >= 15 is 0 Å². The number of hydrogen-bond donors (Lipinski definition) is 1. The van der Waals surface area contributed by atoms with Crippen LogP contribution < -0.4 is 0 Å². The summed E-state index contributed by atoms with van der Waals surface area (Å²) in [4.78, 5) is 0. The van der Waals surface area contributed by atoms with E-state index in [-0.39, 0.29) is 11.4 Å². The number of thioether (sulfide) groups is 1. The molecular formula is C13H15ClN4OS. The van der Waals surface area contributed by atoms with E-state index in [1.54, 1.807) is 16.4 Å². The van der Waals surface area contributed by atoms with Crippen molar-refractivity contribution in [3.05, 3.63) is 29.3 Å². The summed E-state index contributed by atoms with van der Waals surface area (Å²) in [6.45, 7) is 0. The molecule has 1 heterocycles. The summed E-state index contributed by atoms with van der Waals surface area (Å²) in [5.41, 5.74) is 0.868. The zero-order valence-electron chi connectivity index (χ0n) is 10.8. The summed E-state index contributed by atoms with van der Waals surface area (Å²) >= 11 is 7.44. The first-order chi connectivity index (χ1) is 9.74. The van der Waals surface area contributed by atoms with Gasteiger partial charge in [0.25, 0.3) is 0 Å². The predicted octanol–water partition coefficient (Wildman–Crippen LogP) is 2.71. The summed E-state index contributed by atoms with van der Waals surface area (Å²) < 4.78 is 1.68. The molecule has 1 aliphatic rings. The van der Waals surface area contributed by atoms with E-state index in [0.29, 0.717) is 10.2 Å². The smallest absolute Gasteiger partial charge is 0.214 e. The first-order valence-corrected chi connectivity index (χ1v) is 7.89. The van der Waals surface area contributed by atoms with E-state index in [1.165, 1.54) is 0 Å². The van der Waals surface area contributed by atoms with Crippen molar-refractivity contribution in [2.45, 2.75) is 42.2 Å². The van der Waals surface area contributed by atoms with Crippen molar-refractivity contribution in [2.75, 3.05) is 0 Å². The van der Waals surface area contributed by atoms with E-state index in [1.807, 2.05) is 24.3 Å². The van der Waals surface area contributed by atoms with Gasteiger partial charge in [0.2, 0.25) is 5.16 Å². The van der Waals surface area contributed by atoms with Crippen molar-refractivity contribution in [3.8, 4) is 5.69 Å². The number of aromatic nitrogens is 4. The van der Waals surface area contributed by atoms with Gasteiger partial charge >= 0.3 is 0 Å². The van der Waals surface area contributed by atoms with Crippen LogP contribution in [0.1, 0.15) is 25.7 Å². The Morgan fingerprint density at radius 1 is 1.20 bits per heavy atom. The van der Waals surface area contributed by atoms with Crippen LogP contribution in [0.25, 0.3) is 5.69 Å². The molecule has 0 saturated heterocycles. The van der Waals surface area contributed by atoms with Gasteiger partial charge in [-0.05, 0) is 47.5 Å². The second-order valence-electron chi connectivity index (χ2n) is 4.86. The summed E-state index contributed by atoms with van der Waals surface area (Å²) in [5, 5.41) is 23.4. The fourth-order valence-corrected chi connectivity index (χ4v) is 3.65. The minimum atomic E-state index is -0.274. The van der Waals surface area contributed by atoms with Crippen LogP contribution in [-0.2, 0) is 0 Å². The van der Waals surface area contributed by atoms with Gasteiger partial charge in [-0.15, -0.1) is 5.10 Å². The highest BCUT2D eigenvalue weighted by molar-refractivity contribution is 7.99. The fraction of sp³-hybridized carbons (Fsp3) is 0.462. The molecule has 1 fully saturated rings. The van der Waals surface area contributed by atoms with Gasteiger partial charge < -0.3 is 5.11 Å². The summed E-state index contributed by atoms with van der Waals surface area (Å²) in [7, 11) is 0. The molecule has 1 aromatic carbocycles. The molecule has 0 spiro atoms. The molecule has 3 rings (SSSR count). The SMILES string of the molecule is OC1CCCCC1Sc1nnnn1-c1ccc(Cl)cc1. The average molecular weight is 311 g/mol. The van der Waals surface area contributed by atoms with Gasteiger partial charge in [-0.1, -0.05) is 36.2 Å². The summed E-state index contributed by atoms with van der Waals surface area (Å²) in [6, 6.07) is 7.37. The van der Waals surface area contributed by atoms with Gasteiger partial charge in [0, 0.05) is 10.3 Å². The van der Waals surface area contributed by atoms with Crippen LogP contribution in [0, 0.1) is 0 Å². The Morgan fingerprint density at radius 3 is 2.70 bits per heavy atom.